The molecule has 0 saturated carbocycles. The van der Waals surface area contributed by atoms with Crippen LogP contribution in [0, 0.1) is 0 Å². The van der Waals surface area contributed by atoms with Crippen LogP contribution < -0.4 is 0 Å². The van der Waals surface area contributed by atoms with E-state index >= 15 is 0 Å². The molecular weight excluding hydrogens is 176 g/mol. The summed E-state index contributed by atoms with van der Waals surface area (Å²) in [5, 5.41) is 10.5. The van der Waals surface area contributed by atoms with E-state index in [1.165, 1.54) is 18.4 Å². The Labute approximate surface area is 86.0 Å². The molecule has 1 saturated heterocycles. The van der Waals surface area contributed by atoms with Crippen molar-refractivity contribution in [3.05, 3.63) is 11.6 Å². The van der Waals surface area contributed by atoms with Crippen molar-refractivity contribution >= 4 is 0 Å². The zero-order valence-electron chi connectivity index (χ0n) is 8.96. The van der Waals surface area contributed by atoms with E-state index < -0.39 is 5.60 Å². The van der Waals surface area contributed by atoms with Gasteiger partial charge in [-0.1, -0.05) is 6.08 Å². The van der Waals surface area contributed by atoms with Crippen LogP contribution in [0.25, 0.3) is 0 Å². The summed E-state index contributed by atoms with van der Waals surface area (Å²) in [6.07, 6.45) is 8.77. The first-order valence-electron chi connectivity index (χ1n) is 5.74. The standard InChI is InChI=1S/C12H20O2/c1-10-9-12(13,7-8-14-10)11-5-3-2-4-6-11/h5,10,13H,2-4,6-9H2,1H3. The monoisotopic (exact) mass is 196 g/mol. The fourth-order valence-electron chi connectivity index (χ4n) is 2.62. The molecule has 1 fully saturated rings. The number of hydrogen-bond acceptors (Lipinski definition) is 2. The van der Waals surface area contributed by atoms with Crippen LogP contribution in [-0.4, -0.2) is 23.4 Å². The van der Waals surface area contributed by atoms with Crippen LogP contribution >= 0.6 is 0 Å². The Morgan fingerprint density at radius 2 is 2.36 bits per heavy atom. The quantitative estimate of drug-likeness (QED) is 0.653. The summed E-state index contributed by atoms with van der Waals surface area (Å²) in [5.41, 5.74) is 0.733. The van der Waals surface area contributed by atoms with Gasteiger partial charge < -0.3 is 9.84 Å². The van der Waals surface area contributed by atoms with Crippen molar-refractivity contribution in [1.82, 2.24) is 0 Å². The smallest absolute Gasteiger partial charge is 0.0903 e. The van der Waals surface area contributed by atoms with E-state index in [0.717, 1.165) is 25.7 Å². The fourth-order valence-corrected chi connectivity index (χ4v) is 2.62. The Bertz CT molecular complexity index is 234. The van der Waals surface area contributed by atoms with Gasteiger partial charge in [0.1, 0.15) is 0 Å². The summed E-state index contributed by atoms with van der Waals surface area (Å²) in [7, 11) is 0. The minimum absolute atomic E-state index is 0.205. The molecule has 2 heteroatoms. The summed E-state index contributed by atoms with van der Waals surface area (Å²) in [5.74, 6) is 0. The molecular formula is C12H20O2. The van der Waals surface area contributed by atoms with Crippen molar-refractivity contribution in [3.63, 3.8) is 0 Å². The molecule has 0 aromatic heterocycles. The largest absolute Gasteiger partial charge is 0.385 e. The van der Waals surface area contributed by atoms with Gasteiger partial charge in [0, 0.05) is 19.4 Å². The molecule has 1 aliphatic heterocycles. The molecule has 2 aliphatic rings. The second-order valence-electron chi connectivity index (χ2n) is 4.64. The number of hydrogen-bond donors (Lipinski definition) is 1. The van der Waals surface area contributed by atoms with Crippen LogP contribution in [0.4, 0.5) is 0 Å². The first-order valence-corrected chi connectivity index (χ1v) is 5.74. The Morgan fingerprint density at radius 3 is 3.00 bits per heavy atom. The van der Waals surface area contributed by atoms with Crippen LogP contribution in [0.15, 0.2) is 11.6 Å². The molecule has 2 unspecified atom stereocenters. The first-order chi connectivity index (χ1) is 6.71. The highest BCUT2D eigenvalue weighted by Gasteiger charge is 2.36. The first kappa shape index (κ1) is 10.2. The molecule has 14 heavy (non-hydrogen) atoms. The van der Waals surface area contributed by atoms with E-state index in [4.69, 9.17) is 4.74 Å². The normalized spacial score (nSPS) is 39.3. The summed E-state index contributed by atoms with van der Waals surface area (Å²) in [4.78, 5) is 0. The molecule has 1 heterocycles. The minimum atomic E-state index is -0.544. The topological polar surface area (TPSA) is 29.5 Å². The molecule has 0 amide bonds. The van der Waals surface area contributed by atoms with E-state index in [2.05, 4.69) is 6.08 Å². The van der Waals surface area contributed by atoms with Crippen molar-refractivity contribution in [2.75, 3.05) is 6.61 Å². The lowest BCUT2D eigenvalue weighted by atomic mass is 9.79. The van der Waals surface area contributed by atoms with Crippen molar-refractivity contribution in [2.24, 2.45) is 0 Å². The Balaban J connectivity index is 2.09. The van der Waals surface area contributed by atoms with Gasteiger partial charge >= 0.3 is 0 Å². The van der Waals surface area contributed by atoms with E-state index in [9.17, 15) is 5.11 Å². The van der Waals surface area contributed by atoms with Crippen LogP contribution in [0.3, 0.4) is 0 Å². The number of aliphatic hydroxyl groups is 1. The molecule has 0 aromatic carbocycles. The lowest BCUT2D eigenvalue weighted by Gasteiger charge is -2.38. The van der Waals surface area contributed by atoms with E-state index in [1.807, 2.05) is 6.92 Å². The third-order valence-electron chi connectivity index (χ3n) is 3.43. The zero-order valence-corrected chi connectivity index (χ0v) is 8.96. The van der Waals surface area contributed by atoms with Gasteiger partial charge in [-0.05, 0) is 38.2 Å². The van der Waals surface area contributed by atoms with Crippen LogP contribution in [0.1, 0.15) is 45.4 Å². The predicted molar refractivity (Wildman–Crippen MR) is 56.1 cm³/mol. The third kappa shape index (κ3) is 2.01. The van der Waals surface area contributed by atoms with Gasteiger partial charge in [0.2, 0.25) is 0 Å². The number of allylic oxidation sites excluding steroid dienone is 1. The SMILES string of the molecule is CC1CC(O)(C2=CCCCC2)CCO1. The molecule has 1 N–H and O–H groups in total. The Hall–Kier alpha value is -0.340. The van der Waals surface area contributed by atoms with Gasteiger partial charge in [0.15, 0.2) is 0 Å². The Morgan fingerprint density at radius 1 is 1.50 bits per heavy atom. The molecule has 80 valence electrons. The summed E-state index contributed by atoms with van der Waals surface area (Å²) in [6.45, 7) is 2.75. The van der Waals surface area contributed by atoms with Gasteiger partial charge in [-0.15, -0.1) is 0 Å². The van der Waals surface area contributed by atoms with Crippen LogP contribution in [0.5, 0.6) is 0 Å². The second kappa shape index (κ2) is 4.03. The highest BCUT2D eigenvalue weighted by molar-refractivity contribution is 5.19. The number of rotatable bonds is 1. The number of ether oxygens (including phenoxy) is 1. The van der Waals surface area contributed by atoms with Crippen LogP contribution in [-0.2, 0) is 4.74 Å². The highest BCUT2D eigenvalue weighted by atomic mass is 16.5. The Kier molecular flexibility index (Phi) is 2.93. The van der Waals surface area contributed by atoms with Crippen LogP contribution in [0.2, 0.25) is 0 Å². The lowest BCUT2D eigenvalue weighted by molar-refractivity contribution is -0.0789. The summed E-state index contributed by atoms with van der Waals surface area (Å²) < 4.78 is 5.48. The third-order valence-corrected chi connectivity index (χ3v) is 3.43. The van der Waals surface area contributed by atoms with Gasteiger partial charge in [-0.25, -0.2) is 0 Å². The zero-order chi connectivity index (χ0) is 10.0. The van der Waals surface area contributed by atoms with Gasteiger partial charge in [0.25, 0.3) is 0 Å². The fraction of sp³-hybridized carbons (Fsp3) is 0.833. The van der Waals surface area contributed by atoms with E-state index in [1.54, 1.807) is 0 Å². The van der Waals surface area contributed by atoms with E-state index in [-0.39, 0.29) is 6.10 Å². The average Bonchev–Trinajstić information content (AvgIpc) is 2.19. The molecule has 0 bridgehead atoms. The maximum atomic E-state index is 10.5. The molecule has 0 radical (unpaired) electrons. The molecule has 0 aromatic rings. The van der Waals surface area contributed by atoms with Gasteiger partial charge in [-0.2, -0.15) is 0 Å². The maximum Gasteiger partial charge on any atom is 0.0903 e. The molecule has 2 rings (SSSR count). The van der Waals surface area contributed by atoms with Crippen molar-refractivity contribution in [1.29, 1.82) is 0 Å². The minimum Gasteiger partial charge on any atom is -0.385 e. The van der Waals surface area contributed by atoms with Crippen molar-refractivity contribution in [2.45, 2.75) is 57.2 Å². The van der Waals surface area contributed by atoms with Gasteiger partial charge in [0.05, 0.1) is 11.7 Å². The maximum absolute atomic E-state index is 10.5. The van der Waals surface area contributed by atoms with Crippen molar-refractivity contribution in [3.8, 4) is 0 Å². The molecule has 0 spiro atoms. The lowest BCUT2D eigenvalue weighted by Crippen LogP contribution is -2.41. The predicted octanol–water partition coefficient (Wildman–Crippen LogP) is 2.42. The molecule has 2 nitrogen and oxygen atoms in total. The second-order valence-corrected chi connectivity index (χ2v) is 4.64. The molecule has 2 atom stereocenters. The summed E-state index contributed by atoms with van der Waals surface area (Å²) in [6, 6.07) is 0. The highest BCUT2D eigenvalue weighted by Crippen LogP contribution is 2.36. The summed E-state index contributed by atoms with van der Waals surface area (Å²) >= 11 is 0. The molecule has 1 aliphatic carbocycles. The van der Waals surface area contributed by atoms with Gasteiger partial charge in [-0.3, -0.25) is 0 Å². The van der Waals surface area contributed by atoms with Crippen molar-refractivity contribution < 1.29 is 9.84 Å². The average molecular weight is 196 g/mol. The van der Waals surface area contributed by atoms with E-state index in [0.29, 0.717) is 6.61 Å².